The van der Waals surface area contributed by atoms with Crippen LogP contribution in [0.25, 0.3) is 11.3 Å². The molecule has 0 aliphatic carbocycles. The van der Waals surface area contributed by atoms with Gasteiger partial charge in [0.05, 0.1) is 24.3 Å². The molecule has 0 saturated carbocycles. The van der Waals surface area contributed by atoms with Crippen molar-refractivity contribution in [2.75, 3.05) is 7.11 Å². The minimum absolute atomic E-state index is 0.261. The second-order valence-electron chi connectivity index (χ2n) is 7.40. The minimum atomic E-state index is -0.531. The lowest BCUT2D eigenvalue weighted by Crippen LogP contribution is -2.28. The third-order valence-corrected chi connectivity index (χ3v) is 5.67. The number of benzene rings is 3. The number of halogens is 1. The van der Waals surface area contributed by atoms with Gasteiger partial charge in [-0.15, -0.1) is 0 Å². The summed E-state index contributed by atoms with van der Waals surface area (Å²) in [6, 6.07) is 24.0. The standard InChI is InChI=1S/C26H19ClN2O4/c1-31-24-12-10-16(14-20(24)27)21-13-11-17(32-21)15-28-29-26(30)25-18-6-2-4-8-22(18)33-23-9-5-3-7-19(23)25/h2-15,25H,1H3,(H,29,30)/b28-15+. The number of para-hydroxylation sites is 2. The topological polar surface area (TPSA) is 73.1 Å². The Morgan fingerprint density at radius 3 is 2.36 bits per heavy atom. The van der Waals surface area contributed by atoms with Gasteiger partial charge >= 0.3 is 0 Å². The van der Waals surface area contributed by atoms with Crippen molar-refractivity contribution in [1.29, 1.82) is 0 Å². The van der Waals surface area contributed by atoms with Gasteiger partial charge in [0.1, 0.15) is 28.8 Å². The predicted octanol–water partition coefficient (Wildman–Crippen LogP) is 6.00. The number of carbonyl (C=O) groups excluding carboxylic acids is 1. The summed E-state index contributed by atoms with van der Waals surface area (Å²) >= 11 is 6.20. The Kier molecular flexibility index (Phi) is 5.59. The van der Waals surface area contributed by atoms with E-state index in [9.17, 15) is 4.79 Å². The molecule has 164 valence electrons. The zero-order chi connectivity index (χ0) is 22.8. The second-order valence-corrected chi connectivity index (χ2v) is 7.80. The molecule has 0 spiro atoms. The normalized spacial score (nSPS) is 12.7. The molecule has 6 nitrogen and oxygen atoms in total. The molecule has 1 aliphatic rings. The number of fused-ring (bicyclic) bond motifs is 2. The van der Waals surface area contributed by atoms with E-state index in [1.807, 2.05) is 60.7 Å². The number of amides is 1. The molecule has 0 unspecified atom stereocenters. The summed E-state index contributed by atoms with van der Waals surface area (Å²) in [7, 11) is 1.56. The average Bonchev–Trinajstić information content (AvgIpc) is 3.31. The SMILES string of the molecule is COc1ccc(-c2ccc(/C=N/NC(=O)C3c4ccccc4Oc4ccccc43)o2)cc1Cl. The van der Waals surface area contributed by atoms with Gasteiger partial charge in [-0.2, -0.15) is 5.10 Å². The van der Waals surface area contributed by atoms with Crippen LogP contribution in [-0.4, -0.2) is 19.2 Å². The number of ether oxygens (including phenoxy) is 2. The van der Waals surface area contributed by atoms with E-state index in [0.29, 0.717) is 33.8 Å². The molecule has 3 aromatic carbocycles. The van der Waals surface area contributed by atoms with Crippen LogP contribution in [-0.2, 0) is 4.79 Å². The molecular formula is C26H19ClN2O4. The minimum Gasteiger partial charge on any atom is -0.495 e. The summed E-state index contributed by atoms with van der Waals surface area (Å²) in [5, 5.41) is 4.60. The lowest BCUT2D eigenvalue weighted by atomic mass is 9.87. The van der Waals surface area contributed by atoms with E-state index in [2.05, 4.69) is 10.5 Å². The van der Waals surface area contributed by atoms with E-state index in [4.69, 9.17) is 25.5 Å². The lowest BCUT2D eigenvalue weighted by molar-refractivity contribution is -0.121. The maximum Gasteiger partial charge on any atom is 0.252 e. The molecule has 1 amide bonds. The highest BCUT2D eigenvalue weighted by atomic mass is 35.5. The molecule has 1 N–H and O–H groups in total. The third kappa shape index (κ3) is 4.08. The maximum absolute atomic E-state index is 13.1. The van der Waals surface area contributed by atoms with E-state index in [0.717, 1.165) is 16.7 Å². The van der Waals surface area contributed by atoms with Crippen molar-refractivity contribution < 1.29 is 18.7 Å². The highest BCUT2D eigenvalue weighted by Gasteiger charge is 2.32. The van der Waals surface area contributed by atoms with Crippen molar-refractivity contribution in [2.45, 2.75) is 5.92 Å². The number of furan rings is 1. The summed E-state index contributed by atoms with van der Waals surface area (Å²) in [5.41, 5.74) is 5.02. The smallest absolute Gasteiger partial charge is 0.252 e. The first-order valence-electron chi connectivity index (χ1n) is 10.3. The van der Waals surface area contributed by atoms with E-state index in [-0.39, 0.29) is 5.91 Å². The van der Waals surface area contributed by atoms with Gasteiger partial charge in [0.15, 0.2) is 0 Å². The predicted molar refractivity (Wildman–Crippen MR) is 126 cm³/mol. The summed E-state index contributed by atoms with van der Waals surface area (Å²) < 4.78 is 16.9. The Hall–Kier alpha value is -4.03. The fourth-order valence-electron chi connectivity index (χ4n) is 3.81. The molecule has 2 heterocycles. The number of hydrazone groups is 1. The van der Waals surface area contributed by atoms with Crippen LogP contribution in [0.1, 0.15) is 22.8 Å². The van der Waals surface area contributed by atoms with Crippen molar-refractivity contribution in [3.63, 3.8) is 0 Å². The number of carbonyl (C=O) groups is 1. The van der Waals surface area contributed by atoms with Crippen molar-refractivity contribution in [3.05, 3.63) is 101 Å². The van der Waals surface area contributed by atoms with Gasteiger partial charge in [0.25, 0.3) is 5.91 Å². The second kappa shape index (κ2) is 8.84. The molecule has 1 aliphatic heterocycles. The van der Waals surface area contributed by atoms with Gasteiger partial charge in [-0.3, -0.25) is 4.79 Å². The van der Waals surface area contributed by atoms with E-state index >= 15 is 0 Å². The van der Waals surface area contributed by atoms with Crippen molar-refractivity contribution in [2.24, 2.45) is 5.10 Å². The van der Waals surface area contributed by atoms with Crippen molar-refractivity contribution >= 4 is 23.7 Å². The number of nitrogens with one attached hydrogen (secondary N) is 1. The highest BCUT2D eigenvalue weighted by molar-refractivity contribution is 6.32. The number of methoxy groups -OCH3 is 1. The van der Waals surface area contributed by atoms with Gasteiger partial charge < -0.3 is 13.9 Å². The molecule has 7 heteroatoms. The van der Waals surface area contributed by atoms with Crippen LogP contribution in [0.5, 0.6) is 17.2 Å². The van der Waals surface area contributed by atoms with Crippen LogP contribution >= 0.6 is 11.6 Å². The maximum atomic E-state index is 13.1. The lowest BCUT2D eigenvalue weighted by Gasteiger charge is -2.26. The van der Waals surface area contributed by atoms with Gasteiger partial charge in [-0.25, -0.2) is 5.43 Å². The van der Waals surface area contributed by atoms with Crippen LogP contribution in [0, 0.1) is 0 Å². The first kappa shape index (κ1) is 20.8. The summed E-state index contributed by atoms with van der Waals surface area (Å²) in [4.78, 5) is 13.1. The third-order valence-electron chi connectivity index (χ3n) is 5.37. The van der Waals surface area contributed by atoms with E-state index in [1.165, 1.54) is 6.21 Å². The number of hydrogen-bond acceptors (Lipinski definition) is 5. The molecule has 0 atom stereocenters. The largest absolute Gasteiger partial charge is 0.495 e. The summed E-state index contributed by atoms with van der Waals surface area (Å²) in [6.07, 6.45) is 1.46. The van der Waals surface area contributed by atoms with Crippen molar-refractivity contribution in [1.82, 2.24) is 5.43 Å². The zero-order valence-electron chi connectivity index (χ0n) is 17.6. The van der Waals surface area contributed by atoms with Crippen LogP contribution in [0.2, 0.25) is 5.02 Å². The van der Waals surface area contributed by atoms with E-state index in [1.54, 1.807) is 25.3 Å². The molecular weight excluding hydrogens is 440 g/mol. The first-order chi connectivity index (χ1) is 16.1. The van der Waals surface area contributed by atoms with Crippen LogP contribution in [0.3, 0.4) is 0 Å². The number of nitrogens with zero attached hydrogens (tertiary/aromatic N) is 1. The highest BCUT2D eigenvalue weighted by Crippen LogP contribution is 2.43. The molecule has 5 rings (SSSR count). The fourth-order valence-corrected chi connectivity index (χ4v) is 4.07. The van der Waals surface area contributed by atoms with Crippen molar-refractivity contribution in [3.8, 4) is 28.6 Å². The quantitative estimate of drug-likeness (QED) is 0.294. The Balaban J connectivity index is 1.33. The Morgan fingerprint density at radius 1 is 1.00 bits per heavy atom. The zero-order valence-corrected chi connectivity index (χ0v) is 18.4. The Bertz CT molecular complexity index is 1320. The molecule has 0 saturated heterocycles. The summed E-state index contributed by atoms with van der Waals surface area (Å²) in [5.74, 6) is 2.24. The Labute approximate surface area is 195 Å². The number of hydrogen-bond donors (Lipinski definition) is 1. The van der Waals surface area contributed by atoms with E-state index < -0.39 is 5.92 Å². The molecule has 4 aromatic rings. The molecule has 0 fully saturated rings. The van der Waals surface area contributed by atoms with Gasteiger partial charge in [0.2, 0.25) is 0 Å². The fraction of sp³-hybridized carbons (Fsp3) is 0.0769. The van der Waals surface area contributed by atoms with Crippen LogP contribution in [0.4, 0.5) is 0 Å². The molecule has 1 aromatic heterocycles. The van der Waals surface area contributed by atoms with Gasteiger partial charge in [0, 0.05) is 16.7 Å². The average molecular weight is 459 g/mol. The molecule has 0 radical (unpaired) electrons. The van der Waals surface area contributed by atoms with Crippen LogP contribution in [0.15, 0.2) is 88.4 Å². The number of rotatable bonds is 5. The van der Waals surface area contributed by atoms with Gasteiger partial charge in [-0.05, 0) is 42.5 Å². The first-order valence-corrected chi connectivity index (χ1v) is 10.6. The molecule has 33 heavy (non-hydrogen) atoms. The van der Waals surface area contributed by atoms with Crippen LogP contribution < -0.4 is 14.9 Å². The molecule has 0 bridgehead atoms. The Morgan fingerprint density at radius 2 is 1.70 bits per heavy atom. The monoisotopic (exact) mass is 458 g/mol. The van der Waals surface area contributed by atoms with Gasteiger partial charge in [-0.1, -0.05) is 48.0 Å². The summed E-state index contributed by atoms with van der Waals surface area (Å²) in [6.45, 7) is 0.